The summed E-state index contributed by atoms with van der Waals surface area (Å²) in [5, 5.41) is 3.46. The maximum Gasteiger partial charge on any atom is 0.0574 e. The van der Waals surface area contributed by atoms with E-state index >= 15 is 0 Å². The summed E-state index contributed by atoms with van der Waals surface area (Å²) in [6.07, 6.45) is 2.73. The summed E-state index contributed by atoms with van der Waals surface area (Å²) in [6.45, 7) is 7.03. The zero-order valence-electron chi connectivity index (χ0n) is 11.0. The van der Waals surface area contributed by atoms with Crippen LogP contribution in [-0.2, 0) is 0 Å². The normalized spacial score (nSPS) is 17.9. The first-order valence-electron chi connectivity index (χ1n) is 6.66. The molecule has 0 aromatic heterocycles. The molecule has 3 nitrogen and oxygen atoms in total. The number of hydrogen-bond acceptors (Lipinski definition) is 3. The van der Waals surface area contributed by atoms with E-state index < -0.39 is 0 Å². The van der Waals surface area contributed by atoms with Gasteiger partial charge in [0.05, 0.1) is 11.4 Å². The van der Waals surface area contributed by atoms with Crippen LogP contribution in [0, 0.1) is 9.49 Å². The van der Waals surface area contributed by atoms with Crippen LogP contribution in [0.15, 0.2) is 18.2 Å². The highest BCUT2D eigenvalue weighted by atomic mass is 127. The minimum absolute atomic E-state index is 0.654. The van der Waals surface area contributed by atoms with Crippen LogP contribution in [0.2, 0.25) is 0 Å². The first-order chi connectivity index (χ1) is 8.65. The fourth-order valence-electron chi connectivity index (χ4n) is 2.45. The molecule has 1 unspecified atom stereocenters. The van der Waals surface area contributed by atoms with Crippen molar-refractivity contribution in [2.45, 2.75) is 19.8 Å². The Kier molecular flexibility index (Phi) is 5.12. The van der Waals surface area contributed by atoms with Crippen molar-refractivity contribution in [2.75, 3.05) is 37.2 Å². The molecule has 4 heteroatoms. The number of nitrogens with one attached hydrogen (secondary N) is 1. The lowest BCUT2D eigenvalue weighted by Gasteiger charge is -2.21. The average Bonchev–Trinajstić information content (AvgIpc) is 2.80. The number of halogens is 1. The molecule has 1 fully saturated rings. The van der Waals surface area contributed by atoms with Crippen molar-refractivity contribution < 1.29 is 0 Å². The molecule has 0 saturated carbocycles. The number of likely N-dealkylation sites (tertiary alicyclic amines) is 1. The van der Waals surface area contributed by atoms with Gasteiger partial charge in [-0.1, -0.05) is 6.92 Å². The Morgan fingerprint density at radius 1 is 1.39 bits per heavy atom. The molecule has 1 aromatic carbocycles. The Morgan fingerprint density at radius 3 is 2.78 bits per heavy atom. The largest absolute Gasteiger partial charge is 0.397 e. The van der Waals surface area contributed by atoms with E-state index in [-0.39, 0.29) is 0 Å². The summed E-state index contributed by atoms with van der Waals surface area (Å²) >= 11 is 2.28. The average molecular weight is 359 g/mol. The van der Waals surface area contributed by atoms with Gasteiger partial charge in [-0.15, -0.1) is 0 Å². The predicted octanol–water partition coefficient (Wildman–Crippen LogP) is 3.02. The van der Waals surface area contributed by atoms with E-state index in [9.17, 15) is 0 Å². The Hall–Kier alpha value is -0.490. The number of hydrogen-bond donors (Lipinski definition) is 2. The molecule has 1 atom stereocenters. The van der Waals surface area contributed by atoms with Gasteiger partial charge in [0.1, 0.15) is 0 Å². The summed E-state index contributed by atoms with van der Waals surface area (Å²) in [5.74, 6) is 0.654. The molecule has 0 bridgehead atoms. The van der Waals surface area contributed by atoms with Crippen LogP contribution in [0.3, 0.4) is 0 Å². The molecule has 1 aliphatic heterocycles. The highest BCUT2D eigenvalue weighted by Crippen LogP contribution is 2.21. The molecule has 1 saturated heterocycles. The highest BCUT2D eigenvalue weighted by Gasteiger charge is 2.14. The summed E-state index contributed by atoms with van der Waals surface area (Å²) in [5.41, 5.74) is 7.90. The molecule has 0 aliphatic carbocycles. The third kappa shape index (κ3) is 4.02. The molecule has 0 amide bonds. The van der Waals surface area contributed by atoms with Crippen LogP contribution in [0.25, 0.3) is 0 Å². The molecule has 100 valence electrons. The number of nitrogens with zero attached hydrogens (tertiary/aromatic N) is 1. The lowest BCUT2D eigenvalue weighted by Crippen LogP contribution is -2.29. The van der Waals surface area contributed by atoms with Crippen molar-refractivity contribution in [2.24, 2.45) is 5.92 Å². The standard InChI is InChI=1S/C14H22IN3/c1-11(10-18-6-2-3-7-18)9-17-14-5-4-12(15)8-13(14)16/h4-5,8,11,17H,2-3,6-7,9-10,16H2,1H3. The number of benzene rings is 1. The van der Waals surface area contributed by atoms with Gasteiger partial charge in [0.25, 0.3) is 0 Å². The van der Waals surface area contributed by atoms with E-state index in [4.69, 9.17) is 5.73 Å². The van der Waals surface area contributed by atoms with Gasteiger partial charge in [-0.2, -0.15) is 0 Å². The number of nitrogen functional groups attached to an aromatic ring is 1. The van der Waals surface area contributed by atoms with Gasteiger partial charge in [0, 0.05) is 16.7 Å². The fraction of sp³-hybridized carbons (Fsp3) is 0.571. The molecule has 1 aromatic rings. The molecule has 1 aliphatic rings. The molecule has 0 radical (unpaired) electrons. The van der Waals surface area contributed by atoms with Gasteiger partial charge < -0.3 is 16.0 Å². The third-order valence-electron chi connectivity index (χ3n) is 3.42. The zero-order valence-corrected chi connectivity index (χ0v) is 13.1. The molecular formula is C14H22IN3. The molecule has 2 rings (SSSR count). The van der Waals surface area contributed by atoms with Crippen LogP contribution >= 0.6 is 22.6 Å². The summed E-state index contributed by atoms with van der Waals surface area (Å²) in [4.78, 5) is 2.56. The second kappa shape index (κ2) is 6.61. The van der Waals surface area contributed by atoms with Crippen molar-refractivity contribution in [3.8, 4) is 0 Å². The fourth-order valence-corrected chi connectivity index (χ4v) is 2.96. The van der Waals surface area contributed by atoms with Gasteiger partial charge in [-0.25, -0.2) is 0 Å². The highest BCUT2D eigenvalue weighted by molar-refractivity contribution is 14.1. The van der Waals surface area contributed by atoms with E-state index in [1.54, 1.807) is 0 Å². The second-order valence-corrected chi connectivity index (χ2v) is 6.47. The van der Waals surface area contributed by atoms with Crippen LogP contribution < -0.4 is 11.1 Å². The molecular weight excluding hydrogens is 337 g/mol. The Bertz CT molecular complexity index is 389. The monoisotopic (exact) mass is 359 g/mol. The maximum atomic E-state index is 5.99. The Morgan fingerprint density at radius 2 is 2.11 bits per heavy atom. The number of nitrogens with two attached hydrogens (primary N) is 1. The van der Waals surface area contributed by atoms with E-state index in [0.29, 0.717) is 5.92 Å². The van der Waals surface area contributed by atoms with Crippen LogP contribution in [-0.4, -0.2) is 31.1 Å². The van der Waals surface area contributed by atoms with Crippen molar-refractivity contribution in [1.82, 2.24) is 4.90 Å². The molecule has 1 heterocycles. The number of rotatable bonds is 5. The minimum Gasteiger partial charge on any atom is -0.397 e. The van der Waals surface area contributed by atoms with E-state index in [0.717, 1.165) is 17.9 Å². The van der Waals surface area contributed by atoms with E-state index in [1.807, 2.05) is 6.07 Å². The van der Waals surface area contributed by atoms with Gasteiger partial charge in [0.15, 0.2) is 0 Å². The lowest BCUT2D eigenvalue weighted by atomic mass is 10.1. The minimum atomic E-state index is 0.654. The van der Waals surface area contributed by atoms with E-state index in [2.05, 4.69) is 51.9 Å². The maximum absolute atomic E-state index is 5.99. The molecule has 18 heavy (non-hydrogen) atoms. The first-order valence-corrected chi connectivity index (χ1v) is 7.74. The van der Waals surface area contributed by atoms with Crippen LogP contribution in [0.4, 0.5) is 11.4 Å². The summed E-state index contributed by atoms with van der Waals surface area (Å²) in [6, 6.07) is 6.16. The van der Waals surface area contributed by atoms with E-state index in [1.165, 1.54) is 36.0 Å². The van der Waals surface area contributed by atoms with Crippen LogP contribution in [0.1, 0.15) is 19.8 Å². The van der Waals surface area contributed by atoms with Crippen LogP contribution in [0.5, 0.6) is 0 Å². The zero-order chi connectivity index (χ0) is 13.0. The third-order valence-corrected chi connectivity index (χ3v) is 4.09. The predicted molar refractivity (Wildman–Crippen MR) is 86.9 cm³/mol. The van der Waals surface area contributed by atoms with Crippen molar-refractivity contribution >= 4 is 34.0 Å². The van der Waals surface area contributed by atoms with Gasteiger partial charge in [-0.05, 0) is 72.6 Å². The lowest BCUT2D eigenvalue weighted by molar-refractivity contribution is 0.294. The van der Waals surface area contributed by atoms with Gasteiger partial charge >= 0.3 is 0 Å². The number of anilines is 2. The van der Waals surface area contributed by atoms with Gasteiger partial charge in [0.2, 0.25) is 0 Å². The van der Waals surface area contributed by atoms with Crippen molar-refractivity contribution in [1.29, 1.82) is 0 Å². The molecule has 3 N–H and O–H groups in total. The molecule has 0 spiro atoms. The topological polar surface area (TPSA) is 41.3 Å². The second-order valence-electron chi connectivity index (χ2n) is 5.23. The Balaban J connectivity index is 1.79. The van der Waals surface area contributed by atoms with Crippen molar-refractivity contribution in [3.05, 3.63) is 21.8 Å². The Labute approximate surface area is 123 Å². The quantitative estimate of drug-likeness (QED) is 0.627. The smallest absolute Gasteiger partial charge is 0.0574 e. The summed E-state index contributed by atoms with van der Waals surface area (Å²) < 4.78 is 1.18. The summed E-state index contributed by atoms with van der Waals surface area (Å²) in [7, 11) is 0. The first kappa shape index (κ1) is 13.9. The van der Waals surface area contributed by atoms with Crippen molar-refractivity contribution in [3.63, 3.8) is 0 Å². The SMILES string of the molecule is CC(CNc1ccc(I)cc1N)CN1CCCC1. The van der Waals surface area contributed by atoms with Gasteiger partial charge in [-0.3, -0.25) is 0 Å².